The molecule has 0 spiro atoms. The van der Waals surface area contributed by atoms with E-state index in [0.717, 1.165) is 17.9 Å². The SMILES string of the molecule is CCOc1ccc2[nH]c(C3COCC3NC)nc2n1. The smallest absolute Gasteiger partial charge is 0.215 e. The minimum atomic E-state index is 0.245. The highest BCUT2D eigenvalue weighted by Crippen LogP contribution is 2.25. The fourth-order valence-corrected chi connectivity index (χ4v) is 2.41. The van der Waals surface area contributed by atoms with Gasteiger partial charge in [-0.3, -0.25) is 0 Å². The van der Waals surface area contributed by atoms with Crippen LogP contribution in [0.5, 0.6) is 5.88 Å². The topological polar surface area (TPSA) is 72.1 Å². The van der Waals surface area contributed by atoms with Crippen LogP contribution in [-0.2, 0) is 4.74 Å². The maximum absolute atomic E-state index is 5.51. The predicted molar refractivity (Wildman–Crippen MR) is 71.5 cm³/mol. The van der Waals surface area contributed by atoms with Crippen molar-refractivity contribution in [3.8, 4) is 5.88 Å². The average Bonchev–Trinajstić information content (AvgIpc) is 3.04. The summed E-state index contributed by atoms with van der Waals surface area (Å²) in [5.74, 6) is 1.78. The number of H-pyrrole nitrogens is 1. The summed E-state index contributed by atoms with van der Waals surface area (Å²) >= 11 is 0. The molecule has 102 valence electrons. The lowest BCUT2D eigenvalue weighted by Crippen LogP contribution is -2.31. The summed E-state index contributed by atoms with van der Waals surface area (Å²) in [6.45, 7) is 3.95. The minimum absolute atomic E-state index is 0.245. The van der Waals surface area contributed by atoms with E-state index >= 15 is 0 Å². The highest BCUT2D eigenvalue weighted by Gasteiger charge is 2.30. The third-order valence-corrected chi connectivity index (χ3v) is 3.43. The fourth-order valence-electron chi connectivity index (χ4n) is 2.41. The molecule has 2 N–H and O–H groups in total. The first kappa shape index (κ1) is 12.4. The number of rotatable bonds is 4. The van der Waals surface area contributed by atoms with Crippen LogP contribution in [0.4, 0.5) is 0 Å². The number of likely N-dealkylation sites (N-methyl/N-ethyl adjacent to an activating group) is 1. The summed E-state index contributed by atoms with van der Waals surface area (Å²) in [7, 11) is 1.94. The largest absolute Gasteiger partial charge is 0.478 e. The summed E-state index contributed by atoms with van der Waals surface area (Å²) in [4.78, 5) is 12.3. The molecule has 0 saturated carbocycles. The zero-order valence-corrected chi connectivity index (χ0v) is 11.1. The molecule has 1 saturated heterocycles. The quantitative estimate of drug-likeness (QED) is 0.862. The summed E-state index contributed by atoms with van der Waals surface area (Å²) in [6.07, 6.45) is 0. The first-order valence-corrected chi connectivity index (χ1v) is 6.56. The van der Waals surface area contributed by atoms with Gasteiger partial charge in [-0.25, -0.2) is 4.98 Å². The number of aromatic nitrogens is 3. The van der Waals surface area contributed by atoms with E-state index in [9.17, 15) is 0 Å². The first-order chi connectivity index (χ1) is 9.31. The average molecular weight is 262 g/mol. The molecule has 0 aliphatic carbocycles. The van der Waals surface area contributed by atoms with Crippen LogP contribution in [0.3, 0.4) is 0 Å². The van der Waals surface area contributed by atoms with Gasteiger partial charge in [0.05, 0.1) is 31.3 Å². The van der Waals surface area contributed by atoms with E-state index in [-0.39, 0.29) is 5.92 Å². The summed E-state index contributed by atoms with van der Waals surface area (Å²) in [6, 6.07) is 4.11. The summed E-state index contributed by atoms with van der Waals surface area (Å²) in [5, 5.41) is 3.26. The van der Waals surface area contributed by atoms with E-state index in [1.54, 1.807) is 0 Å². The van der Waals surface area contributed by atoms with Crippen LogP contribution in [0, 0.1) is 0 Å². The molecule has 2 aromatic heterocycles. The van der Waals surface area contributed by atoms with Crippen molar-refractivity contribution >= 4 is 11.2 Å². The maximum Gasteiger partial charge on any atom is 0.215 e. The molecule has 2 unspecified atom stereocenters. The molecule has 6 nitrogen and oxygen atoms in total. The number of ether oxygens (including phenoxy) is 2. The Morgan fingerprint density at radius 2 is 2.32 bits per heavy atom. The number of hydrogen-bond acceptors (Lipinski definition) is 5. The molecule has 3 heterocycles. The third kappa shape index (κ3) is 2.29. The standard InChI is InChI=1S/C13H18N4O2/c1-3-19-11-5-4-9-13(16-11)17-12(15-9)8-6-18-7-10(8)14-2/h4-5,8,10,14H,3,6-7H2,1-2H3,(H,15,16,17). The zero-order valence-electron chi connectivity index (χ0n) is 11.1. The van der Waals surface area contributed by atoms with Gasteiger partial charge in [-0.15, -0.1) is 0 Å². The highest BCUT2D eigenvalue weighted by atomic mass is 16.5. The van der Waals surface area contributed by atoms with Gasteiger partial charge in [-0.1, -0.05) is 0 Å². The van der Waals surface area contributed by atoms with Gasteiger partial charge in [0.25, 0.3) is 0 Å². The van der Waals surface area contributed by atoms with Crippen molar-refractivity contribution in [2.24, 2.45) is 0 Å². The molecule has 1 aliphatic rings. The normalized spacial score (nSPS) is 23.1. The van der Waals surface area contributed by atoms with Crippen LogP contribution in [0.15, 0.2) is 12.1 Å². The van der Waals surface area contributed by atoms with Gasteiger partial charge in [-0.05, 0) is 20.0 Å². The Balaban J connectivity index is 1.92. The summed E-state index contributed by atoms with van der Waals surface area (Å²) < 4.78 is 10.9. The van der Waals surface area contributed by atoms with Crippen LogP contribution < -0.4 is 10.1 Å². The van der Waals surface area contributed by atoms with E-state index in [1.165, 1.54) is 0 Å². The second-order valence-corrected chi connectivity index (χ2v) is 4.61. The van der Waals surface area contributed by atoms with Crippen molar-refractivity contribution in [1.82, 2.24) is 20.3 Å². The van der Waals surface area contributed by atoms with Gasteiger partial charge in [0.15, 0.2) is 5.65 Å². The Bertz CT molecular complexity index is 569. The van der Waals surface area contributed by atoms with E-state index in [2.05, 4.69) is 20.3 Å². The third-order valence-electron chi connectivity index (χ3n) is 3.43. The van der Waals surface area contributed by atoms with Gasteiger partial charge in [0.2, 0.25) is 5.88 Å². The number of pyridine rings is 1. The van der Waals surface area contributed by atoms with Crippen LogP contribution in [0.2, 0.25) is 0 Å². The molecule has 0 radical (unpaired) electrons. The molecule has 0 bridgehead atoms. The number of hydrogen-bond donors (Lipinski definition) is 2. The van der Waals surface area contributed by atoms with E-state index in [0.29, 0.717) is 30.8 Å². The van der Waals surface area contributed by atoms with Gasteiger partial charge in [-0.2, -0.15) is 4.98 Å². The molecule has 1 aliphatic heterocycles. The van der Waals surface area contributed by atoms with E-state index < -0.39 is 0 Å². The Labute approximate surface area is 111 Å². The minimum Gasteiger partial charge on any atom is -0.478 e. The van der Waals surface area contributed by atoms with Crippen molar-refractivity contribution in [1.29, 1.82) is 0 Å². The molecule has 3 rings (SSSR count). The summed E-state index contributed by atoms with van der Waals surface area (Å²) in [5.41, 5.74) is 1.63. The number of nitrogens with zero attached hydrogens (tertiary/aromatic N) is 2. The molecule has 0 aromatic carbocycles. The van der Waals surface area contributed by atoms with Crippen molar-refractivity contribution in [2.75, 3.05) is 26.9 Å². The highest BCUT2D eigenvalue weighted by molar-refractivity contribution is 5.71. The monoisotopic (exact) mass is 262 g/mol. The van der Waals surface area contributed by atoms with Crippen molar-refractivity contribution in [3.63, 3.8) is 0 Å². The van der Waals surface area contributed by atoms with Crippen LogP contribution >= 0.6 is 0 Å². The Morgan fingerprint density at radius 3 is 3.11 bits per heavy atom. The van der Waals surface area contributed by atoms with Gasteiger partial charge >= 0.3 is 0 Å². The van der Waals surface area contributed by atoms with Gasteiger partial charge in [0, 0.05) is 12.1 Å². The first-order valence-electron chi connectivity index (χ1n) is 6.56. The maximum atomic E-state index is 5.51. The molecule has 6 heteroatoms. The molecular weight excluding hydrogens is 244 g/mol. The lowest BCUT2D eigenvalue weighted by molar-refractivity contribution is 0.188. The predicted octanol–water partition coefficient (Wildman–Crippen LogP) is 1.06. The van der Waals surface area contributed by atoms with Crippen LogP contribution in [0.25, 0.3) is 11.2 Å². The molecule has 1 fully saturated rings. The van der Waals surface area contributed by atoms with Crippen molar-refractivity contribution in [2.45, 2.75) is 18.9 Å². The second-order valence-electron chi connectivity index (χ2n) is 4.61. The Morgan fingerprint density at radius 1 is 1.42 bits per heavy atom. The number of fused-ring (bicyclic) bond motifs is 1. The number of imidazole rings is 1. The van der Waals surface area contributed by atoms with Crippen LogP contribution in [0.1, 0.15) is 18.7 Å². The number of aromatic amines is 1. The van der Waals surface area contributed by atoms with Crippen LogP contribution in [-0.4, -0.2) is 47.9 Å². The second kappa shape index (κ2) is 5.14. The molecule has 2 atom stereocenters. The van der Waals surface area contributed by atoms with Gasteiger partial charge in [0.1, 0.15) is 5.82 Å². The van der Waals surface area contributed by atoms with Crippen molar-refractivity contribution < 1.29 is 9.47 Å². The van der Waals surface area contributed by atoms with Gasteiger partial charge < -0.3 is 19.8 Å². The Hall–Kier alpha value is -1.66. The number of nitrogens with one attached hydrogen (secondary N) is 2. The Kier molecular flexibility index (Phi) is 3.35. The van der Waals surface area contributed by atoms with Crippen molar-refractivity contribution in [3.05, 3.63) is 18.0 Å². The molecular formula is C13H18N4O2. The molecule has 2 aromatic rings. The van der Waals surface area contributed by atoms with E-state index in [1.807, 2.05) is 26.1 Å². The lowest BCUT2D eigenvalue weighted by atomic mass is 10.0. The lowest BCUT2D eigenvalue weighted by Gasteiger charge is -2.13. The zero-order chi connectivity index (χ0) is 13.2. The molecule has 0 amide bonds. The molecule has 19 heavy (non-hydrogen) atoms. The fraction of sp³-hybridized carbons (Fsp3) is 0.538. The van der Waals surface area contributed by atoms with E-state index in [4.69, 9.17) is 9.47 Å².